The Morgan fingerprint density at radius 1 is 1.47 bits per heavy atom. The molecule has 1 aromatic rings. The molecule has 1 aliphatic rings. The first-order valence-corrected chi connectivity index (χ1v) is 6.82. The van der Waals surface area contributed by atoms with Gasteiger partial charge in [0, 0.05) is 25.2 Å². The van der Waals surface area contributed by atoms with Gasteiger partial charge in [-0.05, 0) is 44.2 Å². The third kappa shape index (κ3) is 2.71. The van der Waals surface area contributed by atoms with Crippen molar-refractivity contribution in [3.63, 3.8) is 0 Å². The molecule has 3 heteroatoms. The summed E-state index contributed by atoms with van der Waals surface area (Å²) in [4.78, 5) is 0. The lowest BCUT2D eigenvalue weighted by molar-refractivity contribution is 0.440. The minimum atomic E-state index is 0.655. The fourth-order valence-electron chi connectivity index (χ4n) is 2.94. The zero-order valence-electron chi connectivity index (χ0n) is 11.6. The number of rotatable bonds is 3. The molecule has 1 saturated heterocycles. The van der Waals surface area contributed by atoms with E-state index >= 15 is 0 Å². The highest BCUT2D eigenvalue weighted by Crippen LogP contribution is 2.28. The second kappa shape index (κ2) is 5.21. The maximum Gasteiger partial charge on any atom is 0.0659 e. The average Bonchev–Trinajstić information content (AvgIpc) is 2.54. The first-order valence-electron chi connectivity index (χ1n) is 6.82. The van der Waals surface area contributed by atoms with Crippen LogP contribution in [0.4, 0.5) is 0 Å². The van der Waals surface area contributed by atoms with E-state index in [2.05, 4.69) is 37.8 Å². The van der Waals surface area contributed by atoms with Gasteiger partial charge in [-0.2, -0.15) is 5.10 Å². The molecule has 0 aliphatic carbocycles. The van der Waals surface area contributed by atoms with Crippen LogP contribution in [-0.2, 0) is 13.5 Å². The van der Waals surface area contributed by atoms with Gasteiger partial charge in [-0.3, -0.25) is 4.68 Å². The molecule has 1 atom stereocenters. The van der Waals surface area contributed by atoms with Crippen LogP contribution in [0.15, 0.2) is 0 Å². The monoisotopic (exact) mass is 235 g/mol. The number of nitrogens with zero attached hydrogens (tertiary/aromatic N) is 2. The predicted octanol–water partition coefficient (Wildman–Crippen LogP) is 2.39. The molecule has 0 spiro atoms. The van der Waals surface area contributed by atoms with Gasteiger partial charge in [0.25, 0.3) is 0 Å². The Labute approximate surface area is 105 Å². The molecule has 0 bridgehead atoms. The molecule has 0 saturated carbocycles. The molecule has 1 unspecified atom stereocenters. The van der Waals surface area contributed by atoms with Crippen molar-refractivity contribution in [1.82, 2.24) is 15.1 Å². The fourth-order valence-corrected chi connectivity index (χ4v) is 2.94. The normalized spacial score (nSPS) is 21.1. The summed E-state index contributed by atoms with van der Waals surface area (Å²) < 4.78 is 2.12. The number of hydrogen-bond acceptors (Lipinski definition) is 2. The van der Waals surface area contributed by atoms with E-state index in [1.54, 1.807) is 0 Å². The molecular weight excluding hydrogens is 210 g/mol. The van der Waals surface area contributed by atoms with Gasteiger partial charge < -0.3 is 5.32 Å². The zero-order valence-corrected chi connectivity index (χ0v) is 11.6. The van der Waals surface area contributed by atoms with Crippen LogP contribution in [0.2, 0.25) is 0 Å². The number of hydrogen-bond donors (Lipinski definition) is 1. The van der Waals surface area contributed by atoms with E-state index in [1.807, 2.05) is 0 Å². The van der Waals surface area contributed by atoms with E-state index in [9.17, 15) is 0 Å². The summed E-state index contributed by atoms with van der Waals surface area (Å²) >= 11 is 0. The summed E-state index contributed by atoms with van der Waals surface area (Å²) in [5.74, 6) is 1.34. The summed E-state index contributed by atoms with van der Waals surface area (Å²) in [5.41, 5.74) is 4.17. The Bertz CT molecular complexity index is 373. The summed E-state index contributed by atoms with van der Waals surface area (Å²) in [6, 6.07) is 0. The highest BCUT2D eigenvalue weighted by molar-refractivity contribution is 5.28. The second-order valence-corrected chi connectivity index (χ2v) is 5.72. The van der Waals surface area contributed by atoms with Crippen LogP contribution < -0.4 is 5.32 Å². The maximum absolute atomic E-state index is 4.71. The fraction of sp³-hybridized carbons (Fsp3) is 0.786. The molecule has 1 aliphatic heterocycles. The highest BCUT2D eigenvalue weighted by atomic mass is 15.3. The maximum atomic E-state index is 4.71. The van der Waals surface area contributed by atoms with Crippen molar-refractivity contribution < 1.29 is 0 Å². The zero-order chi connectivity index (χ0) is 12.4. The third-order valence-electron chi connectivity index (χ3n) is 3.72. The molecule has 2 heterocycles. The summed E-state index contributed by atoms with van der Waals surface area (Å²) in [6.07, 6.45) is 3.68. The molecule has 17 heavy (non-hydrogen) atoms. The Kier molecular flexibility index (Phi) is 3.87. The van der Waals surface area contributed by atoms with E-state index in [4.69, 9.17) is 5.10 Å². The minimum absolute atomic E-state index is 0.655. The molecule has 3 nitrogen and oxygen atoms in total. The van der Waals surface area contributed by atoms with Crippen molar-refractivity contribution in [3.8, 4) is 0 Å². The van der Waals surface area contributed by atoms with Crippen molar-refractivity contribution in [2.75, 3.05) is 13.1 Å². The lowest BCUT2D eigenvalue weighted by atomic mass is 9.92. The molecule has 1 N–H and O–H groups in total. The predicted molar refractivity (Wildman–Crippen MR) is 71.3 cm³/mol. The van der Waals surface area contributed by atoms with Crippen LogP contribution in [0, 0.1) is 12.8 Å². The molecule has 1 fully saturated rings. The van der Waals surface area contributed by atoms with E-state index in [1.165, 1.54) is 36.3 Å². The van der Waals surface area contributed by atoms with Crippen LogP contribution >= 0.6 is 0 Å². The smallest absolute Gasteiger partial charge is 0.0659 e. The molecule has 96 valence electrons. The van der Waals surface area contributed by atoms with Gasteiger partial charge >= 0.3 is 0 Å². The Hall–Kier alpha value is -0.830. The van der Waals surface area contributed by atoms with Crippen molar-refractivity contribution in [1.29, 1.82) is 0 Å². The largest absolute Gasteiger partial charge is 0.316 e. The summed E-state index contributed by atoms with van der Waals surface area (Å²) in [6.45, 7) is 9.05. The molecule has 2 rings (SSSR count). The lowest BCUT2D eigenvalue weighted by Gasteiger charge is -2.23. The highest BCUT2D eigenvalue weighted by Gasteiger charge is 2.23. The van der Waals surface area contributed by atoms with E-state index in [0.29, 0.717) is 11.8 Å². The van der Waals surface area contributed by atoms with Gasteiger partial charge in [-0.1, -0.05) is 13.8 Å². The Morgan fingerprint density at radius 2 is 2.24 bits per heavy atom. The first kappa shape index (κ1) is 12.6. The number of aromatic nitrogens is 2. The Balaban J connectivity index is 2.24. The van der Waals surface area contributed by atoms with Crippen LogP contribution in [0.5, 0.6) is 0 Å². The van der Waals surface area contributed by atoms with Crippen LogP contribution in [-0.4, -0.2) is 22.9 Å². The van der Waals surface area contributed by atoms with Gasteiger partial charge in [-0.15, -0.1) is 0 Å². The van der Waals surface area contributed by atoms with Crippen LogP contribution in [0.25, 0.3) is 0 Å². The molecule has 0 radical (unpaired) electrons. The minimum Gasteiger partial charge on any atom is -0.316 e. The van der Waals surface area contributed by atoms with Gasteiger partial charge in [0.2, 0.25) is 0 Å². The third-order valence-corrected chi connectivity index (χ3v) is 3.72. The van der Waals surface area contributed by atoms with Crippen LogP contribution in [0.3, 0.4) is 0 Å². The van der Waals surface area contributed by atoms with E-state index in [0.717, 1.165) is 13.0 Å². The van der Waals surface area contributed by atoms with E-state index in [-0.39, 0.29) is 0 Å². The van der Waals surface area contributed by atoms with Gasteiger partial charge in [-0.25, -0.2) is 0 Å². The van der Waals surface area contributed by atoms with E-state index < -0.39 is 0 Å². The Morgan fingerprint density at radius 3 is 2.82 bits per heavy atom. The van der Waals surface area contributed by atoms with Crippen molar-refractivity contribution in [3.05, 3.63) is 17.0 Å². The van der Waals surface area contributed by atoms with Gasteiger partial charge in [0.1, 0.15) is 0 Å². The molecule has 0 amide bonds. The number of nitrogens with one attached hydrogen (secondary N) is 1. The lowest BCUT2D eigenvalue weighted by Crippen LogP contribution is -2.29. The average molecular weight is 235 g/mol. The molecule has 1 aromatic heterocycles. The molecule has 0 aromatic carbocycles. The quantitative estimate of drug-likeness (QED) is 0.872. The standard InChI is InChI=1S/C14H25N3/c1-10(2)8-13-11(3)14(17(4)16-13)12-6-5-7-15-9-12/h10,12,15H,5-9H2,1-4H3. The van der Waals surface area contributed by atoms with Crippen LogP contribution in [0.1, 0.15) is 49.6 Å². The SMILES string of the molecule is Cc1c(CC(C)C)nn(C)c1C1CCCNC1. The topological polar surface area (TPSA) is 29.9 Å². The van der Waals surface area contributed by atoms with Crippen molar-refractivity contribution >= 4 is 0 Å². The van der Waals surface area contributed by atoms with Crippen molar-refractivity contribution in [2.45, 2.75) is 46.0 Å². The molecular formula is C14H25N3. The number of piperidine rings is 1. The number of aryl methyl sites for hydroxylation is 1. The first-order chi connectivity index (χ1) is 8.09. The van der Waals surface area contributed by atoms with Gasteiger partial charge in [0.15, 0.2) is 0 Å². The summed E-state index contributed by atoms with van der Waals surface area (Å²) in [5, 5.41) is 8.21. The summed E-state index contributed by atoms with van der Waals surface area (Å²) in [7, 11) is 2.10. The van der Waals surface area contributed by atoms with Gasteiger partial charge in [0.05, 0.1) is 5.69 Å². The second-order valence-electron chi connectivity index (χ2n) is 5.72. The van der Waals surface area contributed by atoms with Crippen molar-refractivity contribution in [2.24, 2.45) is 13.0 Å².